The van der Waals surface area contributed by atoms with Gasteiger partial charge in [0.2, 0.25) is 0 Å². The van der Waals surface area contributed by atoms with E-state index in [0.717, 1.165) is 38.5 Å². The zero-order valence-corrected chi connectivity index (χ0v) is 29.1. The Balaban J connectivity index is 0. The second kappa shape index (κ2) is 37.4. The van der Waals surface area contributed by atoms with Gasteiger partial charge in [-0.25, -0.2) is 9.59 Å². The summed E-state index contributed by atoms with van der Waals surface area (Å²) in [7, 11) is 0. The Hall–Kier alpha value is -1.80. The molecule has 0 rings (SSSR count). The highest BCUT2D eigenvalue weighted by Crippen LogP contribution is 2.12. The minimum absolute atomic E-state index is 0.160. The highest BCUT2D eigenvalue weighted by molar-refractivity contribution is 5.75. The molecule has 8 heteroatoms. The molecule has 0 aliphatic heterocycles. The lowest BCUT2D eigenvalue weighted by atomic mass is 10.1. The fourth-order valence-corrected chi connectivity index (χ4v) is 4.53. The van der Waals surface area contributed by atoms with Crippen LogP contribution in [0.1, 0.15) is 195 Å². The van der Waals surface area contributed by atoms with Crippen LogP contribution in [0.2, 0.25) is 0 Å². The van der Waals surface area contributed by atoms with E-state index in [-0.39, 0.29) is 23.5 Å². The Bertz CT molecular complexity index is 665. The van der Waals surface area contributed by atoms with Crippen molar-refractivity contribution in [3.05, 3.63) is 0 Å². The van der Waals surface area contributed by atoms with Crippen molar-refractivity contribution in [2.45, 2.75) is 195 Å². The number of hydrogen-bond donors (Lipinski definition) is 0. The van der Waals surface area contributed by atoms with E-state index in [4.69, 9.17) is 14.7 Å². The average Bonchev–Trinajstić information content (AvgIpc) is 2.99. The van der Waals surface area contributed by atoms with E-state index in [1.165, 1.54) is 89.9 Å². The van der Waals surface area contributed by atoms with E-state index in [1.807, 2.05) is 0 Å². The van der Waals surface area contributed by atoms with Crippen molar-refractivity contribution in [2.24, 2.45) is 0 Å². The third-order valence-electron chi connectivity index (χ3n) is 7.29. The summed E-state index contributed by atoms with van der Waals surface area (Å²) in [6.45, 7) is 8.53. The molecule has 0 aromatic carbocycles. The van der Waals surface area contributed by atoms with Gasteiger partial charge in [-0.2, -0.15) is 9.78 Å². The van der Waals surface area contributed by atoms with Crippen molar-refractivity contribution >= 4 is 23.5 Å². The van der Waals surface area contributed by atoms with E-state index in [0.29, 0.717) is 51.7 Å². The molecule has 0 aliphatic carbocycles. The van der Waals surface area contributed by atoms with Crippen LogP contribution in [0.5, 0.6) is 0 Å². The fourth-order valence-electron chi connectivity index (χ4n) is 4.53. The summed E-state index contributed by atoms with van der Waals surface area (Å²) >= 11 is 0. The monoisotopic (exact) mass is 628 g/mol. The predicted octanol–water partition coefficient (Wildman–Crippen LogP) is 10.3. The molecule has 0 amide bonds. The summed E-state index contributed by atoms with van der Waals surface area (Å²) in [6, 6.07) is 0. The lowest BCUT2D eigenvalue weighted by Crippen LogP contribution is -2.06. The SMILES string of the molecule is CCCCCCCCCCCCCCOOC(=O)CCCCC(C)=O.CCCCCCCCOOC(=O)CCCCC(C)=O. The molecule has 0 aromatic rings. The van der Waals surface area contributed by atoms with E-state index in [1.54, 1.807) is 13.8 Å². The Kier molecular flexibility index (Phi) is 37.7. The van der Waals surface area contributed by atoms with Gasteiger partial charge >= 0.3 is 11.9 Å². The minimum Gasteiger partial charge on any atom is -0.300 e. The standard InChI is InChI=1S/C21H40O4.C15H28O4/c1-3-4-5-6-7-8-9-10-11-12-13-16-19-24-25-21(23)18-15-14-17-20(2)22;1-3-4-5-6-7-10-13-18-19-15(17)12-9-8-11-14(2)16/h3-19H2,1-2H3;3-13H2,1-2H3. The molecule has 0 radical (unpaired) electrons. The maximum atomic E-state index is 11.4. The molecule has 44 heavy (non-hydrogen) atoms. The first-order chi connectivity index (χ1) is 21.3. The van der Waals surface area contributed by atoms with Gasteiger partial charge in [-0.1, -0.05) is 117 Å². The summed E-state index contributed by atoms with van der Waals surface area (Å²) in [4.78, 5) is 63.2. The van der Waals surface area contributed by atoms with Crippen LogP contribution in [-0.2, 0) is 38.7 Å². The molecular formula is C36H68O8. The average molecular weight is 629 g/mol. The van der Waals surface area contributed by atoms with Gasteiger partial charge in [-0.3, -0.25) is 9.78 Å². The molecule has 0 saturated heterocycles. The third kappa shape index (κ3) is 42.3. The summed E-state index contributed by atoms with van der Waals surface area (Å²) < 4.78 is 0. The van der Waals surface area contributed by atoms with Gasteiger partial charge in [0.1, 0.15) is 11.6 Å². The second-order valence-electron chi connectivity index (χ2n) is 12.0. The first-order valence-corrected chi connectivity index (χ1v) is 18.0. The number of ketones is 2. The smallest absolute Gasteiger partial charge is 0.300 e. The first kappa shape index (κ1) is 44.3. The van der Waals surface area contributed by atoms with Crippen LogP contribution in [0, 0.1) is 0 Å². The zero-order valence-electron chi connectivity index (χ0n) is 29.1. The van der Waals surface area contributed by atoms with Crippen LogP contribution in [0.15, 0.2) is 0 Å². The summed E-state index contributed by atoms with van der Waals surface area (Å²) in [6.07, 6.45) is 27.2. The maximum absolute atomic E-state index is 11.4. The number of unbranched alkanes of at least 4 members (excludes halogenated alkanes) is 18. The quantitative estimate of drug-likeness (QED) is 0.0411. The van der Waals surface area contributed by atoms with Crippen molar-refractivity contribution in [3.63, 3.8) is 0 Å². The molecular weight excluding hydrogens is 560 g/mol. The highest BCUT2D eigenvalue weighted by Gasteiger charge is 2.05. The minimum atomic E-state index is -0.338. The van der Waals surface area contributed by atoms with Gasteiger partial charge in [0.25, 0.3) is 0 Å². The van der Waals surface area contributed by atoms with Gasteiger partial charge in [0, 0.05) is 25.7 Å². The topological polar surface area (TPSA) is 105 Å². The summed E-state index contributed by atoms with van der Waals surface area (Å²) in [5.74, 6) is -0.346. The molecule has 0 saturated carbocycles. The lowest BCUT2D eigenvalue weighted by Gasteiger charge is -2.04. The van der Waals surface area contributed by atoms with Gasteiger partial charge in [0.05, 0.1) is 13.2 Å². The van der Waals surface area contributed by atoms with Gasteiger partial charge in [0.15, 0.2) is 0 Å². The molecule has 0 aliphatic rings. The highest BCUT2D eigenvalue weighted by atomic mass is 17.2. The molecule has 0 atom stereocenters. The molecule has 0 unspecified atom stereocenters. The van der Waals surface area contributed by atoms with Crippen molar-refractivity contribution in [1.29, 1.82) is 0 Å². The van der Waals surface area contributed by atoms with E-state index in [9.17, 15) is 19.2 Å². The van der Waals surface area contributed by atoms with E-state index in [2.05, 4.69) is 18.7 Å². The zero-order chi connectivity index (χ0) is 32.9. The Morgan fingerprint density at radius 1 is 0.364 bits per heavy atom. The van der Waals surface area contributed by atoms with Crippen LogP contribution in [0.25, 0.3) is 0 Å². The second-order valence-corrected chi connectivity index (χ2v) is 12.0. The van der Waals surface area contributed by atoms with Crippen LogP contribution in [0.3, 0.4) is 0 Å². The summed E-state index contributed by atoms with van der Waals surface area (Å²) in [5, 5.41) is 0. The van der Waals surface area contributed by atoms with Gasteiger partial charge in [-0.05, 0) is 52.4 Å². The molecule has 0 fully saturated rings. The van der Waals surface area contributed by atoms with Crippen molar-refractivity contribution in [2.75, 3.05) is 13.2 Å². The molecule has 0 aromatic heterocycles. The van der Waals surface area contributed by atoms with Crippen molar-refractivity contribution in [3.8, 4) is 0 Å². The Labute approximate surface area is 269 Å². The largest absolute Gasteiger partial charge is 0.342 e. The van der Waals surface area contributed by atoms with Crippen molar-refractivity contribution in [1.82, 2.24) is 0 Å². The van der Waals surface area contributed by atoms with Crippen molar-refractivity contribution < 1.29 is 38.7 Å². The number of carbonyl (C=O) groups excluding carboxylic acids is 4. The van der Waals surface area contributed by atoms with Crippen LogP contribution in [0.4, 0.5) is 0 Å². The lowest BCUT2D eigenvalue weighted by molar-refractivity contribution is -0.273. The molecule has 260 valence electrons. The fraction of sp³-hybridized carbons (Fsp3) is 0.889. The predicted molar refractivity (Wildman–Crippen MR) is 177 cm³/mol. The van der Waals surface area contributed by atoms with Crippen LogP contribution < -0.4 is 0 Å². The summed E-state index contributed by atoms with van der Waals surface area (Å²) in [5.41, 5.74) is 0. The molecule has 0 N–H and O–H groups in total. The van der Waals surface area contributed by atoms with Gasteiger partial charge < -0.3 is 9.59 Å². The Morgan fingerprint density at radius 2 is 0.636 bits per heavy atom. The molecule has 0 spiro atoms. The van der Waals surface area contributed by atoms with Crippen LogP contribution >= 0.6 is 0 Å². The van der Waals surface area contributed by atoms with E-state index >= 15 is 0 Å². The van der Waals surface area contributed by atoms with Gasteiger partial charge in [-0.15, -0.1) is 0 Å². The Morgan fingerprint density at radius 3 is 0.932 bits per heavy atom. The number of Topliss-reactive ketones (excluding diaryl/α,β-unsaturated/α-hetero) is 2. The number of rotatable bonds is 32. The first-order valence-electron chi connectivity index (χ1n) is 18.0. The number of hydrogen-bond acceptors (Lipinski definition) is 8. The third-order valence-corrected chi connectivity index (χ3v) is 7.29. The van der Waals surface area contributed by atoms with E-state index < -0.39 is 0 Å². The molecule has 0 heterocycles. The number of carbonyl (C=O) groups is 4. The van der Waals surface area contributed by atoms with Crippen LogP contribution in [-0.4, -0.2) is 36.7 Å². The normalized spacial score (nSPS) is 10.6. The molecule has 0 bridgehead atoms. The maximum Gasteiger partial charge on any atom is 0.342 e. The molecule has 8 nitrogen and oxygen atoms in total.